The lowest BCUT2D eigenvalue weighted by Crippen LogP contribution is -2.35. The second kappa shape index (κ2) is 8.84. The second-order valence-corrected chi connectivity index (χ2v) is 8.04. The molecule has 2 aromatic carbocycles. The van der Waals surface area contributed by atoms with E-state index in [4.69, 9.17) is 9.47 Å². The summed E-state index contributed by atoms with van der Waals surface area (Å²) < 4.78 is 11.2. The number of fused-ring (bicyclic) bond motifs is 1. The minimum absolute atomic E-state index is 0.138. The maximum atomic E-state index is 5.61. The van der Waals surface area contributed by atoms with Crippen molar-refractivity contribution in [3.05, 3.63) is 82.9 Å². The zero-order chi connectivity index (χ0) is 21.1. The van der Waals surface area contributed by atoms with E-state index in [1.54, 1.807) is 14.2 Å². The first kappa shape index (κ1) is 20.4. The largest absolute Gasteiger partial charge is 0.493 e. The molecule has 0 aliphatic carbocycles. The Bertz CT molecular complexity index is 987. The molecule has 1 aromatic heterocycles. The maximum Gasteiger partial charge on any atom is 0.161 e. The van der Waals surface area contributed by atoms with Crippen molar-refractivity contribution in [2.45, 2.75) is 38.8 Å². The van der Waals surface area contributed by atoms with E-state index in [0.29, 0.717) is 5.92 Å². The predicted molar refractivity (Wildman–Crippen MR) is 118 cm³/mol. The summed E-state index contributed by atoms with van der Waals surface area (Å²) in [5, 5.41) is 0. The standard InChI is InChI=1S/C25H29N3O2/c1-17(2)25-26-14-18(15-27-25)16-28-11-10-20-12-22(29-3)23(30-4)13-21(20)24(28)19-8-6-5-7-9-19/h5-9,12-15,17,24H,10-11,16H2,1-4H3/t24-/m1/s1. The minimum atomic E-state index is 0.138. The molecule has 1 aliphatic heterocycles. The van der Waals surface area contributed by atoms with Crippen LogP contribution < -0.4 is 9.47 Å². The van der Waals surface area contributed by atoms with Gasteiger partial charge >= 0.3 is 0 Å². The van der Waals surface area contributed by atoms with Crippen molar-refractivity contribution in [3.8, 4) is 11.5 Å². The van der Waals surface area contributed by atoms with Crippen molar-refractivity contribution in [3.63, 3.8) is 0 Å². The normalized spacial score (nSPS) is 16.4. The highest BCUT2D eigenvalue weighted by atomic mass is 16.5. The van der Waals surface area contributed by atoms with Crippen LogP contribution in [0.3, 0.4) is 0 Å². The average Bonchev–Trinajstić information content (AvgIpc) is 2.79. The van der Waals surface area contributed by atoms with E-state index in [0.717, 1.165) is 42.4 Å². The van der Waals surface area contributed by atoms with Gasteiger partial charge in [-0.25, -0.2) is 9.97 Å². The molecule has 0 radical (unpaired) electrons. The Morgan fingerprint density at radius 1 is 1.00 bits per heavy atom. The third kappa shape index (κ3) is 4.03. The SMILES string of the molecule is COc1cc2c(cc1OC)[C@@H](c1ccccc1)N(Cc1cnc(C(C)C)nc1)CC2. The summed E-state index contributed by atoms with van der Waals surface area (Å²) in [6, 6.07) is 15.1. The molecule has 0 bridgehead atoms. The van der Waals surface area contributed by atoms with Crippen LogP contribution in [0.1, 0.15) is 53.9 Å². The Morgan fingerprint density at radius 2 is 1.67 bits per heavy atom. The molecule has 156 valence electrons. The van der Waals surface area contributed by atoms with Crippen molar-refractivity contribution < 1.29 is 9.47 Å². The van der Waals surface area contributed by atoms with Gasteiger partial charge in [0.25, 0.3) is 0 Å². The van der Waals surface area contributed by atoms with Crippen LogP contribution in [0.15, 0.2) is 54.9 Å². The first-order valence-electron chi connectivity index (χ1n) is 10.4. The van der Waals surface area contributed by atoms with Gasteiger partial charge in [0, 0.05) is 37.0 Å². The van der Waals surface area contributed by atoms with E-state index in [1.807, 2.05) is 12.4 Å². The quantitative estimate of drug-likeness (QED) is 0.594. The van der Waals surface area contributed by atoms with Crippen LogP contribution in [0.4, 0.5) is 0 Å². The van der Waals surface area contributed by atoms with E-state index >= 15 is 0 Å². The Hall–Kier alpha value is -2.92. The zero-order valence-electron chi connectivity index (χ0n) is 18.1. The molecule has 0 amide bonds. The van der Waals surface area contributed by atoms with Crippen LogP contribution >= 0.6 is 0 Å². The highest BCUT2D eigenvalue weighted by Gasteiger charge is 2.30. The number of benzene rings is 2. The van der Waals surface area contributed by atoms with Crippen LogP contribution in [0.25, 0.3) is 0 Å². The zero-order valence-corrected chi connectivity index (χ0v) is 18.1. The van der Waals surface area contributed by atoms with Gasteiger partial charge < -0.3 is 9.47 Å². The molecule has 0 fully saturated rings. The molecule has 0 saturated carbocycles. The second-order valence-electron chi connectivity index (χ2n) is 8.04. The molecule has 5 heteroatoms. The van der Waals surface area contributed by atoms with Gasteiger partial charge in [-0.3, -0.25) is 4.90 Å². The fourth-order valence-corrected chi connectivity index (χ4v) is 4.17. The van der Waals surface area contributed by atoms with Crippen molar-refractivity contribution in [2.75, 3.05) is 20.8 Å². The van der Waals surface area contributed by atoms with E-state index < -0.39 is 0 Å². The number of aromatic nitrogens is 2. The van der Waals surface area contributed by atoms with Gasteiger partial charge in [0.05, 0.1) is 20.3 Å². The number of rotatable bonds is 6. The van der Waals surface area contributed by atoms with E-state index in [9.17, 15) is 0 Å². The maximum absolute atomic E-state index is 5.61. The number of hydrogen-bond donors (Lipinski definition) is 0. The molecule has 0 N–H and O–H groups in total. The molecule has 0 unspecified atom stereocenters. The van der Waals surface area contributed by atoms with Crippen LogP contribution in [0.5, 0.6) is 11.5 Å². The molecule has 0 saturated heterocycles. The Morgan fingerprint density at radius 3 is 2.30 bits per heavy atom. The third-order valence-electron chi connectivity index (χ3n) is 5.72. The van der Waals surface area contributed by atoms with Gasteiger partial charge in [0.15, 0.2) is 11.5 Å². The van der Waals surface area contributed by atoms with Crippen molar-refractivity contribution in [1.82, 2.24) is 14.9 Å². The Labute approximate surface area is 178 Å². The summed E-state index contributed by atoms with van der Waals surface area (Å²) >= 11 is 0. The van der Waals surface area contributed by atoms with E-state index in [1.165, 1.54) is 16.7 Å². The summed E-state index contributed by atoms with van der Waals surface area (Å²) in [6.07, 6.45) is 4.90. The molecule has 1 aliphatic rings. The molecule has 0 spiro atoms. The smallest absolute Gasteiger partial charge is 0.161 e. The summed E-state index contributed by atoms with van der Waals surface area (Å²) in [5.41, 5.74) is 4.98. The van der Waals surface area contributed by atoms with Crippen LogP contribution in [-0.4, -0.2) is 35.6 Å². The van der Waals surface area contributed by atoms with Crippen molar-refractivity contribution >= 4 is 0 Å². The molecule has 2 heterocycles. The van der Waals surface area contributed by atoms with Gasteiger partial charge in [-0.05, 0) is 35.2 Å². The fraction of sp³-hybridized carbons (Fsp3) is 0.360. The molecular weight excluding hydrogens is 374 g/mol. The molecule has 4 rings (SSSR count). The number of hydrogen-bond acceptors (Lipinski definition) is 5. The van der Waals surface area contributed by atoms with Gasteiger partial charge in [-0.2, -0.15) is 0 Å². The number of methoxy groups -OCH3 is 2. The predicted octanol–water partition coefficient (Wildman–Crippen LogP) is 4.76. The molecule has 1 atom stereocenters. The topological polar surface area (TPSA) is 47.5 Å². The van der Waals surface area contributed by atoms with Crippen molar-refractivity contribution in [2.24, 2.45) is 0 Å². The summed E-state index contributed by atoms with van der Waals surface area (Å²) in [5.74, 6) is 2.78. The monoisotopic (exact) mass is 403 g/mol. The highest BCUT2D eigenvalue weighted by molar-refractivity contribution is 5.51. The third-order valence-corrected chi connectivity index (χ3v) is 5.72. The lowest BCUT2D eigenvalue weighted by atomic mass is 9.87. The summed E-state index contributed by atoms with van der Waals surface area (Å²) in [7, 11) is 3.38. The van der Waals surface area contributed by atoms with E-state index in [-0.39, 0.29) is 6.04 Å². The molecular formula is C25H29N3O2. The van der Waals surface area contributed by atoms with Crippen LogP contribution in [0.2, 0.25) is 0 Å². The number of nitrogens with zero attached hydrogens (tertiary/aromatic N) is 3. The highest BCUT2D eigenvalue weighted by Crippen LogP contribution is 2.41. The molecule has 30 heavy (non-hydrogen) atoms. The summed E-state index contributed by atoms with van der Waals surface area (Å²) in [4.78, 5) is 11.6. The Balaban J connectivity index is 1.72. The Kier molecular flexibility index (Phi) is 6.00. The van der Waals surface area contributed by atoms with Crippen LogP contribution in [-0.2, 0) is 13.0 Å². The van der Waals surface area contributed by atoms with Gasteiger partial charge in [-0.1, -0.05) is 44.2 Å². The average molecular weight is 404 g/mol. The molecule has 3 aromatic rings. The lowest BCUT2D eigenvalue weighted by Gasteiger charge is -2.38. The summed E-state index contributed by atoms with van der Waals surface area (Å²) in [6.45, 7) is 5.98. The minimum Gasteiger partial charge on any atom is -0.493 e. The first-order valence-corrected chi connectivity index (χ1v) is 10.4. The molecule has 5 nitrogen and oxygen atoms in total. The fourth-order valence-electron chi connectivity index (χ4n) is 4.17. The van der Waals surface area contributed by atoms with Gasteiger partial charge in [0.1, 0.15) is 5.82 Å². The van der Waals surface area contributed by atoms with Crippen molar-refractivity contribution in [1.29, 1.82) is 0 Å². The van der Waals surface area contributed by atoms with Gasteiger partial charge in [-0.15, -0.1) is 0 Å². The van der Waals surface area contributed by atoms with Crippen LogP contribution in [0, 0.1) is 0 Å². The lowest BCUT2D eigenvalue weighted by molar-refractivity contribution is 0.203. The first-order chi connectivity index (χ1) is 14.6. The number of ether oxygens (including phenoxy) is 2. The van der Waals surface area contributed by atoms with E-state index in [2.05, 4.69) is 71.2 Å². The van der Waals surface area contributed by atoms with Gasteiger partial charge in [0.2, 0.25) is 0 Å².